The molecule has 0 N–H and O–H groups in total. The molecule has 0 unspecified atom stereocenters. The molecule has 3 heteroatoms. The summed E-state index contributed by atoms with van der Waals surface area (Å²) in [7, 11) is 1.91. The van der Waals surface area contributed by atoms with Gasteiger partial charge in [-0.15, -0.1) is 0 Å². The van der Waals surface area contributed by atoms with E-state index in [4.69, 9.17) is 0 Å². The van der Waals surface area contributed by atoms with E-state index in [2.05, 4.69) is 5.10 Å². The van der Waals surface area contributed by atoms with Crippen LogP contribution < -0.4 is 0 Å². The highest BCUT2D eigenvalue weighted by atomic mass is 16.1. The van der Waals surface area contributed by atoms with Crippen molar-refractivity contribution in [3.8, 4) is 0 Å². The second-order valence-corrected chi connectivity index (χ2v) is 3.02. The van der Waals surface area contributed by atoms with Crippen molar-refractivity contribution in [2.75, 3.05) is 0 Å². The normalized spacial score (nSPS) is 28.5. The van der Waals surface area contributed by atoms with E-state index in [0.29, 0.717) is 5.92 Å². The lowest BCUT2D eigenvalue weighted by atomic mass is 10.2. The average Bonchev–Trinajstić information content (AvgIpc) is 2.68. The molecular weight excluding hydrogens is 140 g/mol. The lowest BCUT2D eigenvalue weighted by Crippen LogP contribution is -1.97. The maximum absolute atomic E-state index is 10.4. The van der Waals surface area contributed by atoms with Gasteiger partial charge in [0.2, 0.25) is 0 Å². The van der Waals surface area contributed by atoms with E-state index in [-0.39, 0.29) is 5.92 Å². The number of hydrogen-bond donors (Lipinski definition) is 0. The third kappa shape index (κ3) is 0.964. The fourth-order valence-electron chi connectivity index (χ4n) is 1.45. The van der Waals surface area contributed by atoms with Crippen LogP contribution in [-0.4, -0.2) is 16.1 Å². The maximum Gasteiger partial charge on any atom is 0.123 e. The highest BCUT2D eigenvalue weighted by Crippen LogP contribution is 2.45. The van der Waals surface area contributed by atoms with E-state index >= 15 is 0 Å². The van der Waals surface area contributed by atoms with Crippen LogP contribution in [0.1, 0.15) is 18.0 Å². The first-order chi connectivity index (χ1) is 5.33. The van der Waals surface area contributed by atoms with Crippen LogP contribution in [-0.2, 0) is 11.8 Å². The quantitative estimate of drug-likeness (QED) is 0.582. The van der Waals surface area contributed by atoms with E-state index in [1.165, 1.54) is 5.69 Å². The fourth-order valence-corrected chi connectivity index (χ4v) is 1.45. The third-order valence-corrected chi connectivity index (χ3v) is 2.25. The van der Waals surface area contributed by atoms with Crippen molar-refractivity contribution in [2.45, 2.75) is 12.3 Å². The van der Waals surface area contributed by atoms with Crippen molar-refractivity contribution < 1.29 is 4.79 Å². The van der Waals surface area contributed by atoms with Crippen LogP contribution >= 0.6 is 0 Å². The number of aryl methyl sites for hydroxylation is 1. The predicted octanol–water partition coefficient (Wildman–Crippen LogP) is 0.723. The first kappa shape index (κ1) is 6.58. The Hall–Kier alpha value is -1.12. The highest BCUT2D eigenvalue weighted by molar-refractivity contribution is 5.60. The van der Waals surface area contributed by atoms with Crippen molar-refractivity contribution in [2.24, 2.45) is 13.0 Å². The van der Waals surface area contributed by atoms with Crippen LogP contribution in [0.2, 0.25) is 0 Å². The summed E-state index contributed by atoms with van der Waals surface area (Å²) in [5.74, 6) is 0.699. The van der Waals surface area contributed by atoms with Crippen LogP contribution in [0.4, 0.5) is 0 Å². The largest absolute Gasteiger partial charge is 0.303 e. The van der Waals surface area contributed by atoms with Gasteiger partial charge in [0.1, 0.15) is 6.29 Å². The van der Waals surface area contributed by atoms with Crippen LogP contribution in [0.25, 0.3) is 0 Å². The van der Waals surface area contributed by atoms with Crippen LogP contribution in [0.15, 0.2) is 12.3 Å². The lowest BCUT2D eigenvalue weighted by Gasteiger charge is -1.96. The van der Waals surface area contributed by atoms with Crippen molar-refractivity contribution >= 4 is 6.29 Å². The lowest BCUT2D eigenvalue weighted by molar-refractivity contribution is -0.108. The fraction of sp³-hybridized carbons (Fsp3) is 0.500. The summed E-state index contributed by atoms with van der Waals surface area (Å²) in [4.78, 5) is 10.4. The summed E-state index contributed by atoms with van der Waals surface area (Å²) in [5.41, 5.74) is 1.18. The van der Waals surface area contributed by atoms with Gasteiger partial charge < -0.3 is 4.79 Å². The Morgan fingerprint density at radius 3 is 3.09 bits per heavy atom. The van der Waals surface area contributed by atoms with E-state index in [1.54, 1.807) is 6.20 Å². The Morgan fingerprint density at radius 1 is 1.82 bits per heavy atom. The summed E-state index contributed by atoms with van der Waals surface area (Å²) >= 11 is 0. The molecule has 0 radical (unpaired) electrons. The van der Waals surface area contributed by atoms with Crippen LogP contribution in [0.5, 0.6) is 0 Å². The Morgan fingerprint density at radius 2 is 2.64 bits per heavy atom. The summed E-state index contributed by atoms with van der Waals surface area (Å²) in [6.07, 6.45) is 3.82. The molecule has 1 heterocycles. The molecule has 0 aromatic carbocycles. The van der Waals surface area contributed by atoms with Crippen molar-refractivity contribution in [1.82, 2.24) is 9.78 Å². The molecule has 1 aromatic rings. The number of hydrogen-bond acceptors (Lipinski definition) is 2. The van der Waals surface area contributed by atoms with Gasteiger partial charge in [0.15, 0.2) is 0 Å². The van der Waals surface area contributed by atoms with Crippen molar-refractivity contribution in [1.29, 1.82) is 0 Å². The summed E-state index contributed by atoms with van der Waals surface area (Å²) < 4.78 is 1.84. The first-order valence-electron chi connectivity index (χ1n) is 3.76. The maximum atomic E-state index is 10.4. The second-order valence-electron chi connectivity index (χ2n) is 3.02. The van der Waals surface area contributed by atoms with Gasteiger partial charge in [-0.05, 0) is 12.5 Å². The minimum Gasteiger partial charge on any atom is -0.303 e. The van der Waals surface area contributed by atoms with E-state index in [0.717, 1.165) is 12.7 Å². The molecule has 0 bridgehead atoms. The zero-order chi connectivity index (χ0) is 7.84. The van der Waals surface area contributed by atoms with Crippen molar-refractivity contribution in [3.63, 3.8) is 0 Å². The average molecular weight is 150 g/mol. The van der Waals surface area contributed by atoms with Gasteiger partial charge in [0.25, 0.3) is 0 Å². The van der Waals surface area contributed by atoms with Gasteiger partial charge in [0.05, 0.1) is 0 Å². The molecule has 1 saturated carbocycles. The van der Waals surface area contributed by atoms with E-state index < -0.39 is 0 Å². The second kappa shape index (κ2) is 2.19. The summed E-state index contributed by atoms with van der Waals surface area (Å²) in [6, 6.07) is 1.98. The molecule has 1 aliphatic rings. The molecule has 0 spiro atoms. The number of nitrogens with zero attached hydrogens (tertiary/aromatic N) is 2. The molecule has 3 nitrogen and oxygen atoms in total. The molecule has 1 fully saturated rings. The molecule has 0 aliphatic heterocycles. The monoisotopic (exact) mass is 150 g/mol. The number of rotatable bonds is 2. The Balaban J connectivity index is 2.19. The Bertz CT molecular complexity index is 279. The minimum absolute atomic E-state index is 0.255. The zero-order valence-electron chi connectivity index (χ0n) is 6.40. The molecule has 2 rings (SSSR count). The SMILES string of the molecule is Cn1nccc1[C@@H]1C[C@H]1C=O. The van der Waals surface area contributed by atoms with Crippen LogP contribution in [0.3, 0.4) is 0 Å². The molecule has 1 aliphatic carbocycles. The number of carbonyl (C=O) groups excluding carboxylic acids is 1. The van der Waals surface area contributed by atoms with E-state index in [1.807, 2.05) is 17.8 Å². The van der Waals surface area contributed by atoms with Gasteiger partial charge in [-0.1, -0.05) is 0 Å². The Labute approximate surface area is 65.0 Å². The zero-order valence-corrected chi connectivity index (χ0v) is 6.40. The molecular formula is C8H10N2O. The summed E-state index contributed by atoms with van der Waals surface area (Å²) in [6.45, 7) is 0. The van der Waals surface area contributed by atoms with E-state index in [9.17, 15) is 4.79 Å². The topological polar surface area (TPSA) is 34.9 Å². The molecule has 1 aromatic heterocycles. The standard InChI is InChI=1S/C8H10N2O/c1-10-8(2-3-9-10)7-4-6(7)5-11/h2-3,5-7H,4H2,1H3/t6-,7+/m0/s1. The Kier molecular flexibility index (Phi) is 1.31. The molecule has 58 valence electrons. The number of aromatic nitrogens is 2. The van der Waals surface area contributed by atoms with Gasteiger partial charge in [-0.25, -0.2) is 0 Å². The molecule has 2 atom stereocenters. The predicted molar refractivity (Wildman–Crippen MR) is 40.1 cm³/mol. The third-order valence-electron chi connectivity index (χ3n) is 2.25. The van der Waals surface area contributed by atoms with Crippen molar-refractivity contribution in [3.05, 3.63) is 18.0 Å². The van der Waals surface area contributed by atoms with Gasteiger partial charge >= 0.3 is 0 Å². The minimum atomic E-state index is 0.255. The molecule has 11 heavy (non-hydrogen) atoms. The smallest absolute Gasteiger partial charge is 0.123 e. The molecule has 0 saturated heterocycles. The highest BCUT2D eigenvalue weighted by Gasteiger charge is 2.39. The molecule has 0 amide bonds. The first-order valence-corrected chi connectivity index (χ1v) is 3.76. The number of aldehydes is 1. The van der Waals surface area contributed by atoms with Crippen LogP contribution in [0, 0.1) is 5.92 Å². The summed E-state index contributed by atoms with van der Waals surface area (Å²) in [5, 5.41) is 4.05. The van der Waals surface area contributed by atoms with Gasteiger partial charge in [0, 0.05) is 30.8 Å². The van der Waals surface area contributed by atoms with Gasteiger partial charge in [-0.3, -0.25) is 4.68 Å². The number of carbonyl (C=O) groups is 1. The van der Waals surface area contributed by atoms with Gasteiger partial charge in [-0.2, -0.15) is 5.10 Å².